The molecule has 0 radical (unpaired) electrons. The van der Waals surface area contributed by atoms with E-state index in [0.29, 0.717) is 11.0 Å². The van der Waals surface area contributed by atoms with Gasteiger partial charge in [0, 0.05) is 12.6 Å². The Labute approximate surface area is 141 Å². The van der Waals surface area contributed by atoms with Crippen LogP contribution in [0.2, 0.25) is 0 Å². The van der Waals surface area contributed by atoms with Crippen LogP contribution in [0, 0.1) is 5.82 Å². The van der Waals surface area contributed by atoms with E-state index in [0.717, 1.165) is 38.8 Å². The molecule has 4 nitrogen and oxygen atoms in total. The minimum absolute atomic E-state index is 0. The van der Waals surface area contributed by atoms with Crippen LogP contribution in [0.3, 0.4) is 0 Å². The van der Waals surface area contributed by atoms with Crippen molar-refractivity contribution < 1.29 is 9.50 Å². The van der Waals surface area contributed by atoms with Crippen molar-refractivity contribution in [1.29, 1.82) is 0 Å². The number of nitrogens with one attached hydrogen (secondary N) is 1. The smallest absolute Gasteiger partial charge is 0.149 e. The summed E-state index contributed by atoms with van der Waals surface area (Å²) in [5, 5.41) is 13.2. The van der Waals surface area contributed by atoms with E-state index in [9.17, 15) is 9.50 Å². The molecule has 0 spiro atoms. The van der Waals surface area contributed by atoms with Gasteiger partial charge in [-0.25, -0.2) is 9.37 Å². The number of rotatable bonds is 4. The van der Waals surface area contributed by atoms with Gasteiger partial charge >= 0.3 is 0 Å². The number of hydrogen-bond acceptors (Lipinski definition) is 3. The molecular weight excluding hydrogens is 328 g/mol. The molecule has 1 aliphatic rings. The van der Waals surface area contributed by atoms with Gasteiger partial charge in [0.1, 0.15) is 11.3 Å². The Kier molecular flexibility index (Phi) is 7.56. The van der Waals surface area contributed by atoms with E-state index in [1.807, 2.05) is 10.6 Å². The lowest BCUT2D eigenvalue weighted by Gasteiger charge is -2.29. The molecule has 2 N–H and O–H groups in total. The molecule has 1 saturated heterocycles. The van der Waals surface area contributed by atoms with Crippen molar-refractivity contribution >= 4 is 35.8 Å². The van der Waals surface area contributed by atoms with Gasteiger partial charge in [-0.1, -0.05) is 6.07 Å². The lowest BCUT2D eigenvalue weighted by Crippen LogP contribution is -2.44. The number of aromatic nitrogens is 2. The largest absolute Gasteiger partial charge is 0.392 e. The van der Waals surface area contributed by atoms with Crippen LogP contribution in [0.5, 0.6) is 0 Å². The number of hydrogen-bond donors (Lipinski definition) is 2. The predicted octanol–water partition coefficient (Wildman–Crippen LogP) is 2.91. The third-order valence-electron chi connectivity index (χ3n) is 4.05. The topological polar surface area (TPSA) is 50.1 Å². The van der Waals surface area contributed by atoms with Gasteiger partial charge in [-0.15, -0.1) is 24.8 Å². The van der Waals surface area contributed by atoms with Gasteiger partial charge in [0.05, 0.1) is 17.9 Å². The molecule has 124 valence electrons. The van der Waals surface area contributed by atoms with Crippen molar-refractivity contribution in [3.8, 4) is 0 Å². The fourth-order valence-electron chi connectivity index (χ4n) is 2.96. The standard InChI is InChI=1S/C15H20FN3O.2ClH/c16-11-4-1-5-13-15(11)19(10-18-13)9-3-6-12-14(20)7-2-8-17-12;;/h1,4-5,10,12,14,17,20H,2-3,6-9H2;2*1H/t12-,14+;;/m1../s1. The zero-order chi connectivity index (χ0) is 13.9. The van der Waals surface area contributed by atoms with Crippen molar-refractivity contribution in [3.05, 3.63) is 30.3 Å². The summed E-state index contributed by atoms with van der Waals surface area (Å²) in [6.45, 7) is 1.70. The molecule has 22 heavy (non-hydrogen) atoms. The molecule has 0 unspecified atom stereocenters. The van der Waals surface area contributed by atoms with Gasteiger partial charge in [-0.05, 0) is 44.4 Å². The predicted molar refractivity (Wildman–Crippen MR) is 90.5 cm³/mol. The van der Waals surface area contributed by atoms with Crippen LogP contribution in [-0.4, -0.2) is 33.3 Å². The van der Waals surface area contributed by atoms with Gasteiger partial charge in [0.2, 0.25) is 0 Å². The van der Waals surface area contributed by atoms with E-state index >= 15 is 0 Å². The van der Waals surface area contributed by atoms with Gasteiger partial charge in [-0.3, -0.25) is 0 Å². The highest BCUT2D eigenvalue weighted by Gasteiger charge is 2.21. The number of nitrogens with zero attached hydrogens (tertiary/aromatic N) is 2. The number of piperidine rings is 1. The Bertz CT molecular complexity index is 593. The number of aliphatic hydroxyl groups excluding tert-OH is 1. The van der Waals surface area contributed by atoms with Crippen molar-refractivity contribution in [2.24, 2.45) is 0 Å². The number of halogens is 3. The number of aliphatic hydroxyl groups is 1. The first kappa shape index (κ1) is 19.2. The van der Waals surface area contributed by atoms with E-state index in [4.69, 9.17) is 0 Å². The highest BCUT2D eigenvalue weighted by atomic mass is 35.5. The van der Waals surface area contributed by atoms with Crippen molar-refractivity contribution in [2.75, 3.05) is 6.54 Å². The highest BCUT2D eigenvalue weighted by Crippen LogP contribution is 2.18. The maximum absolute atomic E-state index is 13.8. The summed E-state index contributed by atoms with van der Waals surface area (Å²) in [6.07, 6.45) is 5.15. The quantitative estimate of drug-likeness (QED) is 0.892. The minimum Gasteiger partial charge on any atom is -0.392 e. The molecule has 0 saturated carbocycles. The van der Waals surface area contributed by atoms with E-state index in [1.54, 1.807) is 12.4 Å². The summed E-state index contributed by atoms with van der Waals surface area (Å²) in [5.74, 6) is -0.226. The average Bonchev–Trinajstić information content (AvgIpc) is 2.86. The van der Waals surface area contributed by atoms with E-state index in [1.165, 1.54) is 6.07 Å². The number of para-hydroxylation sites is 1. The molecular formula is C15H22Cl2FN3O. The first-order chi connectivity index (χ1) is 9.75. The Morgan fingerprint density at radius 3 is 2.95 bits per heavy atom. The van der Waals surface area contributed by atoms with Crippen LogP contribution in [0.25, 0.3) is 11.0 Å². The summed E-state index contributed by atoms with van der Waals surface area (Å²) in [7, 11) is 0. The highest BCUT2D eigenvalue weighted by molar-refractivity contribution is 5.85. The lowest BCUT2D eigenvalue weighted by atomic mass is 9.97. The van der Waals surface area contributed by atoms with Crippen LogP contribution in [0.15, 0.2) is 24.5 Å². The van der Waals surface area contributed by atoms with E-state index in [2.05, 4.69) is 10.3 Å². The number of fused-ring (bicyclic) bond motifs is 1. The van der Waals surface area contributed by atoms with Crippen LogP contribution in [0.1, 0.15) is 25.7 Å². The van der Waals surface area contributed by atoms with E-state index < -0.39 is 0 Å². The van der Waals surface area contributed by atoms with Gasteiger partial charge in [0.15, 0.2) is 0 Å². The van der Waals surface area contributed by atoms with Crippen molar-refractivity contribution in [2.45, 2.75) is 44.4 Å². The molecule has 2 aromatic rings. The first-order valence-corrected chi connectivity index (χ1v) is 7.26. The average molecular weight is 350 g/mol. The van der Waals surface area contributed by atoms with Gasteiger partial charge in [-0.2, -0.15) is 0 Å². The Morgan fingerprint density at radius 1 is 1.36 bits per heavy atom. The summed E-state index contributed by atoms with van der Waals surface area (Å²) in [4.78, 5) is 4.22. The summed E-state index contributed by atoms with van der Waals surface area (Å²) in [5.41, 5.74) is 1.27. The third-order valence-corrected chi connectivity index (χ3v) is 4.05. The lowest BCUT2D eigenvalue weighted by molar-refractivity contribution is 0.0909. The summed E-state index contributed by atoms with van der Waals surface area (Å²) in [6, 6.07) is 5.13. The SMILES string of the molecule is Cl.Cl.O[C@H]1CCCN[C@@H]1CCCn1cnc2cccc(F)c21. The molecule has 1 aliphatic heterocycles. The molecule has 2 atom stereocenters. The Balaban J connectivity index is 0.00000121. The number of aryl methyl sites for hydroxylation is 1. The van der Waals surface area contributed by atoms with Crippen molar-refractivity contribution in [1.82, 2.24) is 14.9 Å². The minimum atomic E-state index is -0.250. The maximum Gasteiger partial charge on any atom is 0.149 e. The normalized spacial score (nSPS) is 21.2. The summed E-state index contributed by atoms with van der Waals surface area (Å²) < 4.78 is 15.7. The zero-order valence-corrected chi connectivity index (χ0v) is 13.9. The fourth-order valence-corrected chi connectivity index (χ4v) is 2.96. The first-order valence-electron chi connectivity index (χ1n) is 7.26. The number of benzene rings is 1. The monoisotopic (exact) mass is 349 g/mol. The second kappa shape index (κ2) is 8.67. The fraction of sp³-hybridized carbons (Fsp3) is 0.533. The zero-order valence-electron chi connectivity index (χ0n) is 12.2. The van der Waals surface area contributed by atoms with Crippen LogP contribution < -0.4 is 5.32 Å². The molecule has 3 rings (SSSR count). The molecule has 2 heterocycles. The second-order valence-electron chi connectivity index (χ2n) is 5.46. The Hall–Kier alpha value is -0.880. The van der Waals surface area contributed by atoms with Crippen molar-refractivity contribution in [3.63, 3.8) is 0 Å². The molecule has 1 aromatic heterocycles. The molecule has 7 heteroatoms. The van der Waals surface area contributed by atoms with Gasteiger partial charge < -0.3 is 15.0 Å². The van der Waals surface area contributed by atoms with E-state index in [-0.39, 0.29) is 42.8 Å². The number of imidazole rings is 1. The van der Waals surface area contributed by atoms with Gasteiger partial charge in [0.25, 0.3) is 0 Å². The molecule has 0 bridgehead atoms. The van der Waals surface area contributed by atoms with Crippen LogP contribution in [0.4, 0.5) is 4.39 Å². The van der Waals surface area contributed by atoms with Crippen LogP contribution >= 0.6 is 24.8 Å². The summed E-state index contributed by atoms with van der Waals surface area (Å²) >= 11 is 0. The maximum atomic E-state index is 13.8. The molecule has 0 aliphatic carbocycles. The Morgan fingerprint density at radius 2 is 2.18 bits per heavy atom. The molecule has 0 amide bonds. The third kappa shape index (κ3) is 4.10. The molecule has 1 fully saturated rings. The second-order valence-corrected chi connectivity index (χ2v) is 5.46. The van der Waals surface area contributed by atoms with Crippen LogP contribution in [-0.2, 0) is 6.54 Å². The molecule has 1 aromatic carbocycles.